The number of fused-ring (bicyclic) bond motifs is 1. The van der Waals surface area contributed by atoms with Crippen LogP contribution in [0.1, 0.15) is 46.3 Å². The van der Waals surface area contributed by atoms with Crippen LogP contribution in [0.4, 0.5) is 5.95 Å². The van der Waals surface area contributed by atoms with Crippen LogP contribution in [-0.4, -0.2) is 20.2 Å². The molecule has 5 heteroatoms. The second-order valence-corrected chi connectivity index (χ2v) is 6.65. The summed E-state index contributed by atoms with van der Waals surface area (Å²) in [5.41, 5.74) is 6.41. The van der Waals surface area contributed by atoms with Crippen LogP contribution in [0, 0.1) is 20.8 Å². The van der Waals surface area contributed by atoms with Crippen LogP contribution in [0.25, 0.3) is 0 Å². The van der Waals surface area contributed by atoms with Gasteiger partial charge in [-0.2, -0.15) is 0 Å². The lowest BCUT2D eigenvalue weighted by Gasteiger charge is -2.31. The first-order chi connectivity index (χ1) is 11.6. The third kappa shape index (κ3) is 2.56. The second kappa shape index (κ2) is 5.74. The predicted molar refractivity (Wildman–Crippen MR) is 94.0 cm³/mol. The van der Waals surface area contributed by atoms with Crippen LogP contribution in [-0.2, 0) is 0 Å². The summed E-state index contributed by atoms with van der Waals surface area (Å²) in [5, 5.41) is 15.7. The number of hydrogen-bond acceptors (Lipinski definition) is 4. The molecule has 0 saturated carbocycles. The molecule has 1 N–H and O–H groups in total. The third-order valence-electron chi connectivity index (χ3n) is 4.95. The number of rotatable bonds is 2. The van der Waals surface area contributed by atoms with Crippen molar-refractivity contribution in [2.24, 2.45) is 0 Å². The molecule has 2 aromatic carbocycles. The Kier molecular flexibility index (Phi) is 3.56. The van der Waals surface area contributed by atoms with E-state index in [4.69, 9.17) is 0 Å². The van der Waals surface area contributed by atoms with Gasteiger partial charge in [-0.05, 0) is 59.9 Å². The second-order valence-electron chi connectivity index (χ2n) is 6.65. The summed E-state index contributed by atoms with van der Waals surface area (Å²) >= 11 is 0. The Labute approximate surface area is 141 Å². The molecule has 1 aliphatic rings. The maximum absolute atomic E-state index is 4.19. The van der Waals surface area contributed by atoms with Gasteiger partial charge >= 0.3 is 0 Å². The third-order valence-corrected chi connectivity index (χ3v) is 4.95. The van der Waals surface area contributed by atoms with E-state index < -0.39 is 0 Å². The summed E-state index contributed by atoms with van der Waals surface area (Å²) in [6.07, 6.45) is 0.920. The van der Waals surface area contributed by atoms with Gasteiger partial charge in [-0.25, -0.2) is 4.68 Å². The Hall–Kier alpha value is -2.69. The number of nitrogens with one attached hydrogen (secondary N) is 1. The van der Waals surface area contributed by atoms with Crippen LogP contribution >= 0.6 is 0 Å². The minimum atomic E-state index is 0.142. The van der Waals surface area contributed by atoms with Gasteiger partial charge in [0.1, 0.15) is 0 Å². The minimum Gasteiger partial charge on any atom is -0.346 e. The molecule has 24 heavy (non-hydrogen) atoms. The highest BCUT2D eigenvalue weighted by Gasteiger charge is 2.30. The number of anilines is 1. The van der Waals surface area contributed by atoms with Gasteiger partial charge in [0.25, 0.3) is 0 Å². The van der Waals surface area contributed by atoms with Crippen molar-refractivity contribution in [2.75, 3.05) is 5.32 Å². The molecular weight excluding hydrogens is 298 g/mol. The Balaban J connectivity index is 1.72. The molecule has 2 unspecified atom stereocenters. The van der Waals surface area contributed by atoms with E-state index in [-0.39, 0.29) is 12.1 Å². The van der Waals surface area contributed by atoms with Gasteiger partial charge in [0.15, 0.2) is 0 Å². The molecule has 1 aliphatic heterocycles. The zero-order valence-corrected chi connectivity index (χ0v) is 14.2. The van der Waals surface area contributed by atoms with Crippen molar-refractivity contribution >= 4 is 5.95 Å². The van der Waals surface area contributed by atoms with Gasteiger partial charge in [0, 0.05) is 0 Å². The van der Waals surface area contributed by atoms with E-state index >= 15 is 0 Å². The standard InChI is InChI=1S/C19H21N5/c1-12-4-7-15(8-5-12)18-11-17(20-19-21-22-23-24(18)19)16-9-6-13(2)14(3)10-16/h4-10,17-18H,11H2,1-3H3,(H,20,21,23). The molecule has 0 spiro atoms. The van der Waals surface area contributed by atoms with Crippen molar-refractivity contribution in [1.29, 1.82) is 0 Å². The normalized spacial score (nSPS) is 19.6. The van der Waals surface area contributed by atoms with Crippen LogP contribution < -0.4 is 5.32 Å². The average molecular weight is 319 g/mol. The van der Waals surface area contributed by atoms with Gasteiger partial charge < -0.3 is 5.32 Å². The molecule has 0 aliphatic carbocycles. The molecule has 0 bridgehead atoms. The van der Waals surface area contributed by atoms with Crippen LogP contribution in [0.15, 0.2) is 42.5 Å². The summed E-state index contributed by atoms with van der Waals surface area (Å²) in [7, 11) is 0. The topological polar surface area (TPSA) is 55.6 Å². The number of aryl methyl sites for hydroxylation is 3. The lowest BCUT2D eigenvalue weighted by atomic mass is 9.91. The lowest BCUT2D eigenvalue weighted by molar-refractivity contribution is 0.423. The van der Waals surface area contributed by atoms with Gasteiger partial charge in [0.2, 0.25) is 5.95 Å². The summed E-state index contributed by atoms with van der Waals surface area (Å²) in [4.78, 5) is 0. The Morgan fingerprint density at radius 2 is 1.71 bits per heavy atom. The molecule has 2 heterocycles. The van der Waals surface area contributed by atoms with Crippen LogP contribution in [0.3, 0.4) is 0 Å². The molecular formula is C19H21N5. The van der Waals surface area contributed by atoms with Crippen molar-refractivity contribution in [1.82, 2.24) is 20.2 Å². The van der Waals surface area contributed by atoms with Crippen molar-refractivity contribution in [3.05, 3.63) is 70.3 Å². The molecule has 3 aromatic rings. The largest absolute Gasteiger partial charge is 0.346 e. The van der Waals surface area contributed by atoms with E-state index in [1.165, 1.54) is 27.8 Å². The number of aromatic nitrogens is 4. The van der Waals surface area contributed by atoms with E-state index in [0.29, 0.717) is 0 Å². The molecule has 0 fully saturated rings. The molecule has 0 radical (unpaired) electrons. The number of nitrogens with zero attached hydrogens (tertiary/aromatic N) is 4. The fraction of sp³-hybridized carbons (Fsp3) is 0.316. The SMILES string of the molecule is Cc1ccc(C2CC(c3ccc(C)c(C)c3)Nc3nnnn32)cc1. The first-order valence-corrected chi connectivity index (χ1v) is 8.30. The molecule has 122 valence electrons. The van der Waals surface area contributed by atoms with E-state index in [2.05, 4.69) is 84.1 Å². The predicted octanol–water partition coefficient (Wildman–Crippen LogP) is 3.74. The quantitative estimate of drug-likeness (QED) is 0.781. The van der Waals surface area contributed by atoms with E-state index in [1.54, 1.807) is 0 Å². The van der Waals surface area contributed by atoms with Crippen LogP contribution in [0.2, 0.25) is 0 Å². The van der Waals surface area contributed by atoms with Crippen molar-refractivity contribution in [3.8, 4) is 0 Å². The summed E-state index contributed by atoms with van der Waals surface area (Å²) in [6.45, 7) is 6.40. The zero-order chi connectivity index (χ0) is 16.7. The number of hydrogen-bond donors (Lipinski definition) is 1. The van der Waals surface area contributed by atoms with Crippen molar-refractivity contribution in [2.45, 2.75) is 39.3 Å². The zero-order valence-electron chi connectivity index (χ0n) is 14.2. The highest BCUT2D eigenvalue weighted by atomic mass is 15.6. The first-order valence-electron chi connectivity index (χ1n) is 8.30. The Morgan fingerprint density at radius 1 is 0.958 bits per heavy atom. The Bertz CT molecular complexity index is 866. The van der Waals surface area contributed by atoms with Gasteiger partial charge in [-0.15, -0.1) is 0 Å². The van der Waals surface area contributed by atoms with E-state index in [0.717, 1.165) is 12.4 Å². The maximum Gasteiger partial charge on any atom is 0.243 e. The smallest absolute Gasteiger partial charge is 0.243 e. The van der Waals surface area contributed by atoms with E-state index in [9.17, 15) is 0 Å². The average Bonchev–Trinajstić information content (AvgIpc) is 3.06. The monoisotopic (exact) mass is 319 g/mol. The highest BCUT2D eigenvalue weighted by Crippen LogP contribution is 2.37. The van der Waals surface area contributed by atoms with Crippen molar-refractivity contribution < 1.29 is 0 Å². The molecule has 1 aromatic heterocycles. The van der Waals surface area contributed by atoms with Gasteiger partial charge in [-0.3, -0.25) is 0 Å². The summed E-state index contributed by atoms with van der Waals surface area (Å²) in [6, 6.07) is 15.6. The number of benzene rings is 2. The lowest BCUT2D eigenvalue weighted by Crippen LogP contribution is -2.28. The van der Waals surface area contributed by atoms with E-state index in [1.807, 2.05) is 4.68 Å². The van der Waals surface area contributed by atoms with Crippen molar-refractivity contribution in [3.63, 3.8) is 0 Å². The number of tetrazole rings is 1. The highest BCUT2D eigenvalue weighted by molar-refractivity contribution is 5.40. The molecule has 0 amide bonds. The maximum atomic E-state index is 4.19. The first kappa shape index (κ1) is 14.9. The molecule has 2 atom stereocenters. The minimum absolute atomic E-state index is 0.142. The molecule has 5 nitrogen and oxygen atoms in total. The fourth-order valence-electron chi connectivity index (χ4n) is 3.30. The Morgan fingerprint density at radius 3 is 2.46 bits per heavy atom. The fourth-order valence-corrected chi connectivity index (χ4v) is 3.30. The molecule has 0 saturated heterocycles. The summed E-state index contributed by atoms with van der Waals surface area (Å²) in [5.74, 6) is 0.732. The van der Waals surface area contributed by atoms with Crippen LogP contribution in [0.5, 0.6) is 0 Å². The van der Waals surface area contributed by atoms with Gasteiger partial charge in [-0.1, -0.05) is 53.1 Å². The van der Waals surface area contributed by atoms with Gasteiger partial charge in [0.05, 0.1) is 12.1 Å². The molecule has 4 rings (SSSR count). The summed E-state index contributed by atoms with van der Waals surface area (Å²) < 4.78 is 1.89.